The lowest BCUT2D eigenvalue weighted by atomic mass is 10.2. The molecule has 28 heavy (non-hydrogen) atoms. The smallest absolute Gasteiger partial charge is 0.269 e. The van der Waals surface area contributed by atoms with Gasteiger partial charge >= 0.3 is 0 Å². The van der Waals surface area contributed by atoms with Crippen molar-refractivity contribution in [2.75, 3.05) is 32.7 Å². The van der Waals surface area contributed by atoms with Gasteiger partial charge in [-0.3, -0.25) is 15.0 Å². The van der Waals surface area contributed by atoms with E-state index in [0.29, 0.717) is 31.2 Å². The predicted octanol–water partition coefficient (Wildman–Crippen LogP) is 3.27. The van der Waals surface area contributed by atoms with E-state index in [4.69, 9.17) is 11.6 Å². The number of hydrogen-bond donors (Lipinski definition) is 0. The van der Waals surface area contributed by atoms with Crippen LogP contribution in [-0.4, -0.2) is 55.3 Å². The molecule has 1 heterocycles. The summed E-state index contributed by atoms with van der Waals surface area (Å²) in [6, 6.07) is 12.5. The minimum Gasteiger partial charge on any atom is -0.297 e. The third-order valence-corrected chi connectivity index (χ3v) is 6.73. The molecule has 0 amide bonds. The first kappa shape index (κ1) is 20.5. The second-order valence-electron chi connectivity index (χ2n) is 6.41. The highest BCUT2D eigenvalue weighted by Crippen LogP contribution is 2.21. The van der Waals surface area contributed by atoms with E-state index in [1.54, 1.807) is 0 Å². The van der Waals surface area contributed by atoms with Gasteiger partial charge in [0.25, 0.3) is 5.69 Å². The molecular weight excluding hydrogens is 402 g/mol. The first-order valence-electron chi connectivity index (χ1n) is 8.75. The summed E-state index contributed by atoms with van der Waals surface area (Å²) in [7, 11) is -3.64. The molecule has 0 bridgehead atoms. The number of halogens is 1. The van der Waals surface area contributed by atoms with Crippen molar-refractivity contribution in [3.63, 3.8) is 0 Å². The fourth-order valence-electron chi connectivity index (χ4n) is 2.95. The van der Waals surface area contributed by atoms with Crippen LogP contribution < -0.4 is 0 Å². The summed E-state index contributed by atoms with van der Waals surface area (Å²) in [6.07, 6.45) is 4.06. The van der Waals surface area contributed by atoms with Gasteiger partial charge in [0.05, 0.1) is 9.82 Å². The van der Waals surface area contributed by atoms with E-state index >= 15 is 0 Å². The largest absolute Gasteiger partial charge is 0.297 e. The number of benzene rings is 2. The van der Waals surface area contributed by atoms with E-state index < -0.39 is 14.9 Å². The number of non-ortho nitro benzene ring substituents is 1. The second kappa shape index (κ2) is 8.83. The van der Waals surface area contributed by atoms with E-state index in [9.17, 15) is 18.5 Å². The van der Waals surface area contributed by atoms with E-state index in [0.717, 1.165) is 12.1 Å². The van der Waals surface area contributed by atoms with E-state index in [1.165, 1.54) is 28.6 Å². The lowest BCUT2D eigenvalue weighted by Gasteiger charge is -2.33. The number of rotatable bonds is 6. The number of hydrogen-bond acceptors (Lipinski definition) is 5. The highest BCUT2D eigenvalue weighted by Gasteiger charge is 2.28. The minimum atomic E-state index is -3.64. The maximum Gasteiger partial charge on any atom is 0.269 e. The Morgan fingerprint density at radius 3 is 2.18 bits per heavy atom. The third-order valence-electron chi connectivity index (χ3n) is 4.56. The van der Waals surface area contributed by atoms with Crippen molar-refractivity contribution in [2.24, 2.45) is 0 Å². The lowest BCUT2D eigenvalue weighted by Crippen LogP contribution is -2.48. The van der Waals surface area contributed by atoms with Crippen LogP contribution >= 0.6 is 11.6 Å². The fraction of sp³-hybridized carbons (Fsp3) is 0.263. The molecule has 0 radical (unpaired) electrons. The van der Waals surface area contributed by atoms with Crippen molar-refractivity contribution < 1.29 is 13.3 Å². The highest BCUT2D eigenvalue weighted by molar-refractivity contribution is 7.89. The van der Waals surface area contributed by atoms with E-state index in [-0.39, 0.29) is 10.6 Å². The minimum absolute atomic E-state index is 0.0779. The number of nitrogens with zero attached hydrogens (tertiary/aromatic N) is 3. The molecule has 1 saturated heterocycles. The Kier molecular flexibility index (Phi) is 6.46. The van der Waals surface area contributed by atoms with Crippen molar-refractivity contribution in [3.8, 4) is 0 Å². The summed E-state index contributed by atoms with van der Waals surface area (Å²) in [5.74, 6) is 0. The SMILES string of the molecule is O=[N+]([O-])c1ccc(S(=O)(=O)N2CCN(C/C=C/c3ccc(Cl)cc3)CC2)cc1. The molecule has 0 unspecified atom stereocenters. The molecule has 0 spiro atoms. The average Bonchev–Trinajstić information content (AvgIpc) is 2.70. The van der Waals surface area contributed by atoms with Crippen molar-refractivity contribution >= 4 is 33.4 Å². The summed E-state index contributed by atoms with van der Waals surface area (Å²) in [5, 5.41) is 11.4. The Hall–Kier alpha value is -2.26. The molecule has 1 aliphatic heterocycles. The molecule has 0 atom stereocenters. The summed E-state index contributed by atoms with van der Waals surface area (Å²) in [4.78, 5) is 12.4. The van der Waals surface area contributed by atoms with Gasteiger partial charge in [0.2, 0.25) is 10.0 Å². The zero-order chi connectivity index (χ0) is 20.1. The summed E-state index contributed by atoms with van der Waals surface area (Å²) >= 11 is 5.87. The first-order valence-corrected chi connectivity index (χ1v) is 10.6. The normalized spacial score (nSPS) is 16.5. The second-order valence-corrected chi connectivity index (χ2v) is 8.78. The Balaban J connectivity index is 1.55. The molecule has 3 rings (SSSR count). The van der Waals surface area contributed by atoms with Crippen molar-refractivity contribution in [1.82, 2.24) is 9.21 Å². The zero-order valence-electron chi connectivity index (χ0n) is 15.1. The standard InChI is InChI=1S/C19H20ClN3O4S/c20-17-5-3-16(4-6-17)2-1-11-21-12-14-22(15-13-21)28(26,27)19-9-7-18(8-10-19)23(24)25/h1-10H,11-15H2/b2-1+. The molecule has 9 heteroatoms. The van der Waals surface area contributed by atoms with Crippen LogP contribution in [0.1, 0.15) is 5.56 Å². The van der Waals surface area contributed by atoms with Crippen molar-refractivity contribution in [2.45, 2.75) is 4.90 Å². The van der Waals surface area contributed by atoms with Gasteiger partial charge in [-0.1, -0.05) is 35.9 Å². The van der Waals surface area contributed by atoms with Crippen molar-refractivity contribution in [3.05, 3.63) is 75.3 Å². The van der Waals surface area contributed by atoms with Gasteiger partial charge in [-0.25, -0.2) is 8.42 Å². The highest BCUT2D eigenvalue weighted by atomic mass is 35.5. The summed E-state index contributed by atoms with van der Waals surface area (Å²) in [6.45, 7) is 2.74. The molecule has 0 saturated carbocycles. The molecule has 1 fully saturated rings. The maximum atomic E-state index is 12.7. The van der Waals surface area contributed by atoms with Crippen LogP contribution in [0.2, 0.25) is 5.02 Å². The van der Waals surface area contributed by atoms with Crippen molar-refractivity contribution in [1.29, 1.82) is 0 Å². The number of piperazine rings is 1. The van der Waals surface area contributed by atoms with Gasteiger partial charge in [0.1, 0.15) is 0 Å². The monoisotopic (exact) mass is 421 g/mol. The molecule has 0 aromatic heterocycles. The average molecular weight is 422 g/mol. The Morgan fingerprint density at radius 1 is 1.00 bits per heavy atom. The van der Waals surface area contributed by atoms with Gasteiger partial charge in [-0.05, 0) is 29.8 Å². The Labute approximate surface area is 169 Å². The molecule has 2 aromatic rings. The van der Waals surface area contributed by atoms with E-state index in [1.807, 2.05) is 36.4 Å². The van der Waals surface area contributed by atoms with Crippen LogP contribution in [0.5, 0.6) is 0 Å². The van der Waals surface area contributed by atoms with Gasteiger partial charge in [-0.15, -0.1) is 0 Å². The number of nitro groups is 1. The zero-order valence-corrected chi connectivity index (χ0v) is 16.6. The summed E-state index contributed by atoms with van der Waals surface area (Å²) < 4.78 is 26.9. The Morgan fingerprint density at radius 2 is 1.61 bits per heavy atom. The van der Waals surface area contributed by atoms with Crippen LogP contribution in [0.25, 0.3) is 6.08 Å². The number of sulfonamides is 1. The van der Waals surface area contributed by atoms with Crippen LogP contribution in [0.15, 0.2) is 59.5 Å². The molecule has 1 aliphatic rings. The van der Waals surface area contributed by atoms with Gasteiger partial charge < -0.3 is 0 Å². The molecule has 148 valence electrons. The molecule has 2 aromatic carbocycles. The molecule has 0 aliphatic carbocycles. The van der Waals surface area contributed by atoms with Crippen LogP contribution in [0.4, 0.5) is 5.69 Å². The molecule has 7 nitrogen and oxygen atoms in total. The van der Waals surface area contributed by atoms with Gasteiger partial charge in [-0.2, -0.15) is 4.31 Å². The molecule has 0 N–H and O–H groups in total. The summed E-state index contributed by atoms with van der Waals surface area (Å²) in [5.41, 5.74) is 0.931. The van der Waals surface area contributed by atoms with Crippen LogP contribution in [0, 0.1) is 10.1 Å². The quantitative estimate of drug-likeness (QED) is 0.528. The van der Waals surface area contributed by atoms with Crippen LogP contribution in [-0.2, 0) is 10.0 Å². The molecular formula is C19H20ClN3O4S. The maximum absolute atomic E-state index is 12.7. The Bertz CT molecular complexity index is 952. The van der Waals surface area contributed by atoms with Crippen LogP contribution in [0.3, 0.4) is 0 Å². The van der Waals surface area contributed by atoms with Gasteiger partial charge in [0, 0.05) is 49.9 Å². The number of nitro benzene ring substituents is 1. The van der Waals surface area contributed by atoms with Gasteiger partial charge in [0.15, 0.2) is 0 Å². The fourth-order valence-corrected chi connectivity index (χ4v) is 4.50. The third kappa shape index (κ3) is 4.96. The lowest BCUT2D eigenvalue weighted by molar-refractivity contribution is -0.384. The topological polar surface area (TPSA) is 83.8 Å². The van der Waals surface area contributed by atoms with E-state index in [2.05, 4.69) is 4.90 Å². The predicted molar refractivity (Wildman–Crippen MR) is 109 cm³/mol. The first-order chi connectivity index (χ1) is 13.4.